The summed E-state index contributed by atoms with van der Waals surface area (Å²) in [6.07, 6.45) is 0. The largest absolute Gasteiger partial charge is 4.00 e. The van der Waals surface area contributed by atoms with Crippen LogP contribution < -0.4 is 0 Å². The first-order valence-electron chi connectivity index (χ1n) is 0. The third-order valence-electron chi connectivity index (χ3n) is 0. The molecule has 16 valence electrons. The van der Waals surface area contributed by atoms with Crippen molar-refractivity contribution in [3.05, 3.63) is 0 Å². The third kappa shape index (κ3) is 8.84. The van der Waals surface area contributed by atoms with E-state index in [1.54, 1.807) is 0 Å². The molecule has 0 spiro atoms. The van der Waals surface area contributed by atoms with E-state index in [0.717, 1.165) is 0 Å². The normalized spacial score (nSPS) is 0. The minimum atomic E-state index is 0. The Morgan fingerprint density at radius 1 is 0.750 bits per heavy atom. The Hall–Kier alpha value is 2.37. The summed E-state index contributed by atoms with van der Waals surface area (Å²) in [4.78, 5) is 0. The van der Waals surface area contributed by atoms with Crippen molar-refractivity contribution in [3.63, 3.8) is 0 Å². The zero-order chi connectivity index (χ0) is 0. The molecule has 0 fully saturated rings. The fourth-order valence-electron chi connectivity index (χ4n) is 0. The first-order valence-corrected chi connectivity index (χ1v) is 0. The Kier molecular flexibility index (Phi) is 149. The van der Waals surface area contributed by atoms with Crippen LogP contribution in [0.1, 0.15) is 0 Å². The van der Waals surface area contributed by atoms with Crippen molar-refractivity contribution in [1.82, 2.24) is 0 Å². The van der Waals surface area contributed by atoms with Crippen LogP contribution in [0, 0.1) is 0 Å². The summed E-state index contributed by atoms with van der Waals surface area (Å²) in [7, 11) is 0. The predicted octanol–water partition coefficient (Wildman–Crippen LogP) is -0.388. The Morgan fingerprint density at radius 2 is 0.750 bits per heavy atom. The van der Waals surface area contributed by atoms with Gasteiger partial charge in [0.2, 0.25) is 0 Å². The molecule has 0 saturated heterocycles. The summed E-state index contributed by atoms with van der Waals surface area (Å²) in [5.74, 6) is 0. The quantitative estimate of drug-likeness (QED) is 0.516. The molecular weight excluding hydrogens is 361 g/mol. The molecule has 4 heteroatoms. The van der Waals surface area contributed by atoms with Gasteiger partial charge in [-0.1, -0.05) is 0 Å². The van der Waals surface area contributed by atoms with Gasteiger partial charge in [0.15, 0.2) is 0 Å². The SMILES string of the molecule is [Hf+4].[S-2].[S-2].[Sn+4]. The van der Waals surface area contributed by atoms with Crippen LogP contribution in [0.25, 0.3) is 0 Å². The summed E-state index contributed by atoms with van der Waals surface area (Å²) in [5, 5.41) is 0. The van der Waals surface area contributed by atoms with Crippen LogP contribution in [-0.4, -0.2) is 23.9 Å². The molecule has 0 aromatic rings. The molecule has 0 radical (unpaired) electrons. The van der Waals surface area contributed by atoms with E-state index in [1.807, 2.05) is 0 Å². The van der Waals surface area contributed by atoms with Crippen molar-refractivity contribution in [2.75, 3.05) is 0 Å². The van der Waals surface area contributed by atoms with Crippen LogP contribution in [-0.2, 0) is 52.8 Å². The maximum Gasteiger partial charge on any atom is 4.00 e. The van der Waals surface area contributed by atoms with Crippen molar-refractivity contribution >= 4 is 50.9 Å². The van der Waals surface area contributed by atoms with Gasteiger partial charge in [-0.3, -0.25) is 0 Å². The molecule has 0 heterocycles. The molecule has 0 rings (SSSR count). The number of hydrogen-bond donors (Lipinski definition) is 0. The fourth-order valence-corrected chi connectivity index (χ4v) is 0. The van der Waals surface area contributed by atoms with Crippen LogP contribution >= 0.6 is 0 Å². The third-order valence-corrected chi connectivity index (χ3v) is 0. The minimum absolute atomic E-state index is 0. The van der Waals surface area contributed by atoms with E-state index >= 15 is 0 Å². The Balaban J connectivity index is 0. The molecule has 0 aromatic carbocycles. The minimum Gasteiger partial charge on any atom is -2.00 e. The van der Waals surface area contributed by atoms with Gasteiger partial charge in [0.1, 0.15) is 0 Å². The predicted molar refractivity (Wildman–Crippen MR) is 20.5 cm³/mol. The van der Waals surface area contributed by atoms with Crippen LogP contribution in [0.2, 0.25) is 0 Å². The fraction of sp³-hybridized carbons (Fsp3) is 0. The molecule has 0 saturated carbocycles. The molecule has 0 nitrogen and oxygen atoms in total. The molecule has 0 amide bonds. The van der Waals surface area contributed by atoms with Crippen LogP contribution in [0.3, 0.4) is 0 Å². The number of rotatable bonds is 0. The van der Waals surface area contributed by atoms with Gasteiger partial charge in [-0.2, -0.15) is 0 Å². The standard InChI is InChI=1S/Hf.2S.Sn/q+4;2*-2;+4. The second kappa shape index (κ2) is 18.3. The Morgan fingerprint density at radius 3 is 0.750 bits per heavy atom. The molecule has 0 aliphatic rings. The summed E-state index contributed by atoms with van der Waals surface area (Å²) >= 11 is 0. The van der Waals surface area contributed by atoms with Crippen molar-refractivity contribution in [2.45, 2.75) is 0 Å². The topological polar surface area (TPSA) is 0 Å². The van der Waals surface area contributed by atoms with Gasteiger partial charge < -0.3 is 27.0 Å². The zero-order valence-electron chi connectivity index (χ0n) is 1.82. The molecule has 0 aliphatic heterocycles. The maximum absolute atomic E-state index is 0. The van der Waals surface area contributed by atoms with Crippen molar-refractivity contribution in [2.24, 2.45) is 0 Å². The summed E-state index contributed by atoms with van der Waals surface area (Å²) in [6.45, 7) is 0. The van der Waals surface area contributed by atoms with Gasteiger partial charge in [-0.15, -0.1) is 0 Å². The smallest absolute Gasteiger partial charge is 2.00 e. The van der Waals surface area contributed by atoms with Gasteiger partial charge in [-0.05, 0) is 0 Å². The van der Waals surface area contributed by atoms with Gasteiger partial charge in [0.25, 0.3) is 0 Å². The van der Waals surface area contributed by atoms with E-state index < -0.39 is 0 Å². The monoisotopic (exact) mass is 364 g/mol. The molecule has 0 aliphatic carbocycles. The van der Waals surface area contributed by atoms with Crippen molar-refractivity contribution in [3.8, 4) is 0 Å². The van der Waals surface area contributed by atoms with Gasteiger partial charge >= 0.3 is 49.8 Å². The molecule has 4 heavy (non-hydrogen) atoms. The second-order valence-electron chi connectivity index (χ2n) is 0. The van der Waals surface area contributed by atoms with Gasteiger partial charge in [0, 0.05) is 0 Å². The molecular formula is HfS2Sn+4. The van der Waals surface area contributed by atoms with Crippen LogP contribution in [0.5, 0.6) is 0 Å². The van der Waals surface area contributed by atoms with Crippen molar-refractivity contribution in [1.29, 1.82) is 0 Å². The van der Waals surface area contributed by atoms with Gasteiger partial charge in [0.05, 0.1) is 0 Å². The summed E-state index contributed by atoms with van der Waals surface area (Å²) in [5.41, 5.74) is 0. The first-order chi connectivity index (χ1) is 0. The van der Waals surface area contributed by atoms with E-state index in [4.69, 9.17) is 0 Å². The molecule has 0 atom stereocenters. The molecule has 0 N–H and O–H groups in total. The average molecular weight is 361 g/mol. The molecule has 0 unspecified atom stereocenters. The summed E-state index contributed by atoms with van der Waals surface area (Å²) in [6, 6.07) is 0. The average Bonchev–Trinajstić information content (AvgIpc) is 0. The van der Waals surface area contributed by atoms with E-state index in [2.05, 4.69) is 0 Å². The second-order valence-corrected chi connectivity index (χ2v) is 0. The van der Waals surface area contributed by atoms with Crippen LogP contribution in [0.15, 0.2) is 0 Å². The molecule has 0 bridgehead atoms. The number of hydrogen-bond acceptors (Lipinski definition) is 0. The van der Waals surface area contributed by atoms with E-state index in [-0.39, 0.29) is 76.7 Å². The maximum atomic E-state index is 0. The molecule has 0 aromatic heterocycles. The zero-order valence-corrected chi connectivity index (χ0v) is 9.90. The Labute approximate surface area is 75.7 Å². The summed E-state index contributed by atoms with van der Waals surface area (Å²) < 4.78 is 0. The van der Waals surface area contributed by atoms with Gasteiger partial charge in [-0.25, -0.2) is 0 Å². The van der Waals surface area contributed by atoms with E-state index in [0.29, 0.717) is 0 Å². The Bertz CT molecular complexity index is 6.00. The first kappa shape index (κ1) is 32.7. The van der Waals surface area contributed by atoms with E-state index in [1.165, 1.54) is 0 Å². The van der Waals surface area contributed by atoms with Crippen LogP contribution in [0.4, 0.5) is 0 Å². The van der Waals surface area contributed by atoms with Crippen molar-refractivity contribution < 1.29 is 25.8 Å². The van der Waals surface area contributed by atoms with E-state index in [9.17, 15) is 0 Å².